The van der Waals surface area contributed by atoms with Gasteiger partial charge >= 0.3 is 0 Å². The van der Waals surface area contributed by atoms with Crippen molar-refractivity contribution in [2.24, 2.45) is 0 Å². The zero-order valence-corrected chi connectivity index (χ0v) is 11.4. The van der Waals surface area contributed by atoms with Crippen molar-refractivity contribution in [1.29, 1.82) is 0 Å². The van der Waals surface area contributed by atoms with E-state index < -0.39 is 0 Å². The van der Waals surface area contributed by atoms with Crippen LogP contribution in [-0.2, 0) is 0 Å². The van der Waals surface area contributed by atoms with Gasteiger partial charge in [-0.15, -0.1) is 0 Å². The smallest absolute Gasteiger partial charge is 0.188 e. The summed E-state index contributed by atoms with van der Waals surface area (Å²) in [6.45, 7) is 0. The van der Waals surface area contributed by atoms with Crippen LogP contribution in [0.2, 0.25) is 0 Å². The predicted molar refractivity (Wildman–Crippen MR) is 86.6 cm³/mol. The van der Waals surface area contributed by atoms with Crippen LogP contribution in [0.3, 0.4) is 0 Å². The largest absolute Gasteiger partial charge is 0.454 e. The van der Waals surface area contributed by atoms with Crippen LogP contribution in [0, 0.1) is 0 Å². The van der Waals surface area contributed by atoms with Gasteiger partial charge in [-0.05, 0) is 45.8 Å². The Bertz CT molecular complexity index is 1100. The van der Waals surface area contributed by atoms with E-state index in [1.165, 1.54) is 37.0 Å². The van der Waals surface area contributed by atoms with Crippen molar-refractivity contribution in [2.45, 2.75) is 0 Å². The molecule has 0 aliphatic heterocycles. The summed E-state index contributed by atoms with van der Waals surface area (Å²) in [7, 11) is 0. The van der Waals surface area contributed by atoms with Crippen LogP contribution in [-0.4, -0.2) is 0 Å². The number of hydrogen-bond donors (Lipinski definition) is 0. The van der Waals surface area contributed by atoms with Crippen molar-refractivity contribution >= 4 is 53.3 Å². The normalized spacial score (nSPS) is 12.0. The minimum Gasteiger partial charge on any atom is -0.454 e. The molecule has 94 valence electrons. The summed E-state index contributed by atoms with van der Waals surface area (Å²) in [4.78, 5) is 1.01. The van der Waals surface area contributed by atoms with Gasteiger partial charge in [0.1, 0.15) is 0 Å². The van der Waals surface area contributed by atoms with Crippen molar-refractivity contribution in [2.75, 3.05) is 0 Å². The minimum absolute atomic E-state index is 1.01. The van der Waals surface area contributed by atoms with Gasteiger partial charge < -0.3 is 4.42 Å². The van der Waals surface area contributed by atoms with Gasteiger partial charge in [0.25, 0.3) is 0 Å². The molecule has 5 rings (SSSR count). The molecule has 0 spiro atoms. The topological polar surface area (TPSA) is 13.1 Å². The number of furan rings is 1. The average molecular weight is 274 g/mol. The lowest BCUT2D eigenvalue weighted by Gasteiger charge is -2.03. The summed E-state index contributed by atoms with van der Waals surface area (Å²) in [6, 6.07) is 19.6. The quantitative estimate of drug-likeness (QED) is 0.318. The lowest BCUT2D eigenvalue weighted by molar-refractivity contribution is 0.624. The molecular weight excluding hydrogens is 264 g/mol. The fourth-order valence-electron chi connectivity index (χ4n) is 3.02. The molecular formula is C18H10OS. The molecule has 0 radical (unpaired) electrons. The van der Waals surface area contributed by atoms with Gasteiger partial charge in [-0.2, -0.15) is 0 Å². The molecule has 20 heavy (non-hydrogen) atoms. The van der Waals surface area contributed by atoms with Gasteiger partial charge in [0.2, 0.25) is 0 Å². The van der Waals surface area contributed by atoms with Crippen LogP contribution in [0.25, 0.3) is 41.9 Å². The fraction of sp³-hybridized carbons (Fsp3) is 0. The van der Waals surface area contributed by atoms with Crippen molar-refractivity contribution < 1.29 is 4.42 Å². The van der Waals surface area contributed by atoms with Crippen molar-refractivity contribution in [1.82, 2.24) is 0 Å². The zero-order valence-electron chi connectivity index (χ0n) is 10.6. The summed E-state index contributed by atoms with van der Waals surface area (Å²) >= 11 is 1.72. The zero-order chi connectivity index (χ0) is 13.1. The highest BCUT2D eigenvalue weighted by Gasteiger charge is 2.11. The molecule has 0 atom stereocenters. The molecule has 1 nitrogen and oxygen atoms in total. The number of fused-ring (bicyclic) bond motifs is 6. The Hall–Kier alpha value is -2.32. The summed E-state index contributed by atoms with van der Waals surface area (Å²) in [5.41, 5.74) is 0. The lowest BCUT2D eigenvalue weighted by Crippen LogP contribution is -1.77. The third-order valence-corrected chi connectivity index (χ3v) is 5.01. The van der Waals surface area contributed by atoms with Crippen LogP contribution in [0.1, 0.15) is 0 Å². The van der Waals surface area contributed by atoms with E-state index in [1.807, 2.05) is 0 Å². The molecule has 0 amide bonds. The van der Waals surface area contributed by atoms with Crippen molar-refractivity contribution in [3.05, 3.63) is 60.9 Å². The molecule has 0 aliphatic carbocycles. The molecule has 0 N–H and O–H groups in total. The first-order valence-corrected chi connectivity index (χ1v) is 7.43. The maximum atomic E-state index is 5.56. The molecule has 0 saturated heterocycles. The number of benzene rings is 3. The molecule has 0 saturated carbocycles. The first-order valence-electron chi connectivity index (χ1n) is 6.61. The van der Waals surface area contributed by atoms with Crippen LogP contribution in [0.4, 0.5) is 0 Å². The second-order valence-electron chi connectivity index (χ2n) is 5.08. The van der Waals surface area contributed by atoms with Gasteiger partial charge in [0.15, 0.2) is 4.90 Å². The molecule has 2 aromatic heterocycles. The van der Waals surface area contributed by atoms with E-state index in [9.17, 15) is 0 Å². The van der Waals surface area contributed by atoms with Gasteiger partial charge in [-0.1, -0.05) is 41.7 Å². The third kappa shape index (κ3) is 1.27. The van der Waals surface area contributed by atoms with Crippen LogP contribution in [0.15, 0.2) is 65.3 Å². The fourth-order valence-corrected chi connectivity index (χ4v) is 4.06. The Morgan fingerprint density at radius 3 is 2.50 bits per heavy atom. The molecule has 0 aliphatic rings. The Morgan fingerprint density at radius 2 is 1.60 bits per heavy atom. The number of thiophene rings is 1. The van der Waals surface area contributed by atoms with E-state index in [0.717, 1.165) is 4.90 Å². The first-order chi connectivity index (χ1) is 9.90. The highest BCUT2D eigenvalue weighted by atomic mass is 32.1. The summed E-state index contributed by atoms with van der Waals surface area (Å²) in [5.74, 6) is 0. The molecule has 0 bridgehead atoms. The second kappa shape index (κ2) is 3.62. The number of rotatable bonds is 0. The van der Waals surface area contributed by atoms with Gasteiger partial charge in [0, 0.05) is 15.5 Å². The first kappa shape index (κ1) is 10.5. The summed E-state index contributed by atoms with van der Waals surface area (Å²) in [6.07, 6.45) is 1.78. The van der Waals surface area contributed by atoms with E-state index in [1.54, 1.807) is 17.6 Å². The van der Waals surface area contributed by atoms with Crippen molar-refractivity contribution in [3.63, 3.8) is 0 Å². The summed E-state index contributed by atoms with van der Waals surface area (Å²) < 4.78 is 6.85. The Kier molecular flexibility index (Phi) is 1.89. The highest BCUT2D eigenvalue weighted by Crippen LogP contribution is 2.39. The maximum absolute atomic E-state index is 5.56. The molecule has 2 heteroatoms. The predicted octanol–water partition coefficient (Wildman–Crippen LogP) is 5.95. The van der Waals surface area contributed by atoms with Crippen LogP contribution >= 0.6 is 11.3 Å². The Morgan fingerprint density at radius 1 is 0.750 bits per heavy atom. The van der Waals surface area contributed by atoms with Gasteiger partial charge in [0.05, 0.1) is 6.26 Å². The summed E-state index contributed by atoms with van der Waals surface area (Å²) in [5, 5.41) is 7.73. The number of hydrogen-bond acceptors (Lipinski definition) is 2. The molecule has 0 fully saturated rings. The molecule has 5 aromatic rings. The van der Waals surface area contributed by atoms with Gasteiger partial charge in [-0.25, -0.2) is 0 Å². The van der Waals surface area contributed by atoms with Crippen LogP contribution in [0.5, 0.6) is 0 Å². The van der Waals surface area contributed by atoms with Gasteiger partial charge in [-0.3, -0.25) is 0 Å². The SMILES string of the molecule is c1ccc2cc3c(ccc4sc5occc5c43)cc2c1. The third-order valence-electron chi connectivity index (χ3n) is 3.95. The Labute approximate surface area is 119 Å². The standard InChI is InChI=1S/C18H10OS/c1-2-4-12-10-15-13(9-11(12)3-1)5-6-16-17(15)14-7-8-19-18(14)20-16/h1-10H. The average Bonchev–Trinajstić information content (AvgIpc) is 3.05. The van der Waals surface area contributed by atoms with E-state index >= 15 is 0 Å². The van der Waals surface area contributed by atoms with Crippen LogP contribution < -0.4 is 0 Å². The van der Waals surface area contributed by atoms with E-state index in [4.69, 9.17) is 4.42 Å². The Balaban J connectivity index is 2.10. The molecule has 2 heterocycles. The lowest BCUT2D eigenvalue weighted by atomic mass is 10.0. The van der Waals surface area contributed by atoms with E-state index in [2.05, 4.69) is 54.6 Å². The minimum atomic E-state index is 1.01. The second-order valence-corrected chi connectivity index (χ2v) is 6.10. The monoisotopic (exact) mass is 274 g/mol. The molecule has 3 aromatic carbocycles. The van der Waals surface area contributed by atoms with E-state index in [0.29, 0.717) is 0 Å². The van der Waals surface area contributed by atoms with E-state index in [-0.39, 0.29) is 0 Å². The highest BCUT2D eigenvalue weighted by molar-refractivity contribution is 7.25. The molecule has 0 unspecified atom stereocenters. The van der Waals surface area contributed by atoms with Crippen molar-refractivity contribution in [3.8, 4) is 0 Å². The maximum Gasteiger partial charge on any atom is 0.188 e.